The molecule has 11 heteroatoms. The van der Waals surface area contributed by atoms with E-state index in [-0.39, 0.29) is 19.4 Å². The Morgan fingerprint density at radius 2 is 0.981 bits per heavy atom. The van der Waals surface area contributed by atoms with E-state index in [1.54, 1.807) is 0 Å². The highest BCUT2D eigenvalue weighted by Gasteiger charge is 2.27. The lowest BCUT2D eigenvalue weighted by molar-refractivity contribution is -0.161. The Balaban J connectivity index is 4.30. The zero-order valence-corrected chi connectivity index (χ0v) is 34.6. The van der Waals surface area contributed by atoms with Crippen LogP contribution in [0.2, 0.25) is 0 Å². The smallest absolute Gasteiger partial charge is 0.462 e. The molecule has 10 nitrogen and oxygen atoms in total. The number of carbonyl (C=O) groups excluding carboxylic acids is 2. The van der Waals surface area contributed by atoms with E-state index in [0.717, 1.165) is 51.4 Å². The normalized spacial score (nSPS) is 14.1. The second kappa shape index (κ2) is 38.7. The number of hydrogen-bond acceptors (Lipinski definition) is 9. The Bertz CT molecular complexity index is 941. The minimum Gasteiger partial charge on any atom is -0.462 e. The number of ether oxygens (including phenoxy) is 2. The van der Waals surface area contributed by atoms with Crippen molar-refractivity contribution in [1.82, 2.24) is 0 Å². The lowest BCUT2D eigenvalue weighted by atomic mass is 10.0. The molecule has 0 aliphatic carbocycles. The van der Waals surface area contributed by atoms with Gasteiger partial charge in [-0.1, -0.05) is 160 Å². The van der Waals surface area contributed by atoms with Crippen LogP contribution in [0.15, 0.2) is 24.3 Å². The first-order valence-corrected chi connectivity index (χ1v) is 22.8. The summed E-state index contributed by atoms with van der Waals surface area (Å²) in [7, 11) is -4.61. The molecule has 0 bridgehead atoms. The van der Waals surface area contributed by atoms with Crippen LogP contribution in [0.25, 0.3) is 0 Å². The molecule has 312 valence electrons. The van der Waals surface area contributed by atoms with E-state index in [1.165, 1.54) is 103 Å². The zero-order valence-electron chi connectivity index (χ0n) is 33.7. The molecule has 0 aromatic rings. The van der Waals surface area contributed by atoms with Gasteiger partial charge < -0.3 is 24.6 Å². The number of hydrogen-bond donors (Lipinski definition) is 3. The number of aliphatic hydroxyl groups excluding tert-OH is 2. The third-order valence-corrected chi connectivity index (χ3v) is 10.1. The van der Waals surface area contributed by atoms with Gasteiger partial charge in [0.1, 0.15) is 12.7 Å². The second-order valence-corrected chi connectivity index (χ2v) is 15.8. The lowest BCUT2D eigenvalue weighted by Crippen LogP contribution is -2.29. The number of aliphatic hydroxyl groups is 2. The van der Waals surface area contributed by atoms with Crippen LogP contribution in [-0.4, -0.2) is 65.7 Å². The number of rotatable bonds is 40. The first kappa shape index (κ1) is 51.5. The van der Waals surface area contributed by atoms with E-state index in [2.05, 4.69) is 42.7 Å². The first-order chi connectivity index (χ1) is 25.7. The number of allylic oxidation sites excluding steroid dienone is 4. The minimum absolute atomic E-state index is 0.178. The van der Waals surface area contributed by atoms with Crippen molar-refractivity contribution in [3.63, 3.8) is 0 Å². The van der Waals surface area contributed by atoms with Gasteiger partial charge in [0.15, 0.2) is 6.10 Å². The van der Waals surface area contributed by atoms with Gasteiger partial charge in [0.25, 0.3) is 0 Å². The van der Waals surface area contributed by atoms with Crippen LogP contribution < -0.4 is 0 Å². The van der Waals surface area contributed by atoms with Gasteiger partial charge in [-0.3, -0.25) is 18.6 Å². The Kier molecular flexibility index (Phi) is 37.6. The van der Waals surface area contributed by atoms with Crippen molar-refractivity contribution >= 4 is 19.8 Å². The summed E-state index contributed by atoms with van der Waals surface area (Å²) in [6, 6.07) is 0. The highest BCUT2D eigenvalue weighted by Crippen LogP contribution is 2.43. The summed E-state index contributed by atoms with van der Waals surface area (Å²) in [5.74, 6) is -0.928. The van der Waals surface area contributed by atoms with Crippen molar-refractivity contribution < 1.29 is 47.8 Å². The monoisotopic (exact) mass is 775 g/mol. The van der Waals surface area contributed by atoms with E-state index in [0.29, 0.717) is 12.8 Å². The van der Waals surface area contributed by atoms with Gasteiger partial charge >= 0.3 is 19.8 Å². The maximum atomic E-state index is 12.6. The topological polar surface area (TPSA) is 149 Å². The standard InChI is InChI=1S/C42H79O10P/c1-3-5-7-9-11-13-15-17-18-19-20-22-24-26-28-30-32-34-42(46)52-40(38-51-53(47,48)50-36-39(44)35-43)37-49-41(45)33-31-29-27-25-23-21-16-14-12-10-8-6-4-2/h11,13,17-18,39-40,43-44H,3-10,12,14-16,19-38H2,1-2H3,(H,47,48)/b13-11+,18-17+/t39-,40+/m0/s1. The van der Waals surface area contributed by atoms with Crippen molar-refractivity contribution in [2.24, 2.45) is 0 Å². The molecule has 3 atom stereocenters. The summed E-state index contributed by atoms with van der Waals surface area (Å²) in [4.78, 5) is 34.9. The first-order valence-electron chi connectivity index (χ1n) is 21.3. The van der Waals surface area contributed by atoms with Crippen LogP contribution in [0.3, 0.4) is 0 Å². The molecule has 53 heavy (non-hydrogen) atoms. The number of esters is 2. The van der Waals surface area contributed by atoms with Gasteiger partial charge in [0.05, 0.1) is 19.8 Å². The van der Waals surface area contributed by atoms with Crippen molar-refractivity contribution in [3.8, 4) is 0 Å². The van der Waals surface area contributed by atoms with Gasteiger partial charge in [-0.15, -0.1) is 0 Å². The maximum absolute atomic E-state index is 12.6. The number of phosphoric acid groups is 1. The second-order valence-electron chi connectivity index (χ2n) is 14.4. The molecular weight excluding hydrogens is 695 g/mol. The highest BCUT2D eigenvalue weighted by atomic mass is 31.2. The molecule has 0 saturated carbocycles. The summed E-state index contributed by atoms with van der Waals surface area (Å²) in [5.41, 5.74) is 0. The molecule has 0 fully saturated rings. The van der Waals surface area contributed by atoms with Crippen LogP contribution in [0, 0.1) is 0 Å². The van der Waals surface area contributed by atoms with E-state index in [9.17, 15) is 24.2 Å². The molecule has 0 saturated heterocycles. The third-order valence-electron chi connectivity index (χ3n) is 9.11. The number of phosphoric ester groups is 1. The van der Waals surface area contributed by atoms with Crippen molar-refractivity contribution in [3.05, 3.63) is 24.3 Å². The van der Waals surface area contributed by atoms with Crippen LogP contribution in [0.4, 0.5) is 0 Å². The average Bonchev–Trinajstić information content (AvgIpc) is 3.14. The Hall–Kier alpha value is -1.55. The molecule has 0 aromatic carbocycles. The van der Waals surface area contributed by atoms with E-state index < -0.39 is 51.8 Å². The molecule has 0 heterocycles. The quantitative estimate of drug-likeness (QED) is 0.0238. The SMILES string of the molecule is CCCCC/C=C/C/C=C/CCCCCCCCCC(=O)O[C@H](COC(=O)CCCCCCCCCCCCCCC)COP(=O)(O)OC[C@@H](O)CO. The fourth-order valence-corrected chi connectivity index (χ4v) is 6.58. The van der Waals surface area contributed by atoms with Gasteiger partial charge in [0, 0.05) is 12.8 Å². The molecule has 0 aliphatic rings. The molecule has 1 unspecified atom stereocenters. The van der Waals surface area contributed by atoms with E-state index in [4.69, 9.17) is 19.1 Å². The largest absolute Gasteiger partial charge is 0.472 e. The lowest BCUT2D eigenvalue weighted by Gasteiger charge is -2.20. The fourth-order valence-electron chi connectivity index (χ4n) is 5.79. The highest BCUT2D eigenvalue weighted by molar-refractivity contribution is 7.47. The summed E-state index contributed by atoms with van der Waals surface area (Å²) in [6.07, 6.45) is 37.1. The summed E-state index contributed by atoms with van der Waals surface area (Å²) in [6.45, 7) is 2.35. The van der Waals surface area contributed by atoms with Gasteiger partial charge in [0.2, 0.25) is 0 Å². The molecule has 0 amide bonds. The van der Waals surface area contributed by atoms with Crippen LogP contribution in [0.5, 0.6) is 0 Å². The van der Waals surface area contributed by atoms with Crippen molar-refractivity contribution in [1.29, 1.82) is 0 Å². The number of carbonyl (C=O) groups is 2. The predicted octanol–water partition coefficient (Wildman–Crippen LogP) is 11.0. The molecule has 0 aromatic heterocycles. The van der Waals surface area contributed by atoms with Crippen molar-refractivity contribution in [2.45, 2.75) is 206 Å². The Morgan fingerprint density at radius 1 is 0.566 bits per heavy atom. The summed E-state index contributed by atoms with van der Waals surface area (Å²) in [5, 5.41) is 18.3. The van der Waals surface area contributed by atoms with Gasteiger partial charge in [-0.05, 0) is 44.9 Å². The maximum Gasteiger partial charge on any atom is 0.472 e. The molecular formula is C42H79O10P. The summed E-state index contributed by atoms with van der Waals surface area (Å²) < 4.78 is 32.7. The molecule has 0 spiro atoms. The molecule has 0 radical (unpaired) electrons. The summed E-state index contributed by atoms with van der Waals surface area (Å²) >= 11 is 0. The van der Waals surface area contributed by atoms with Crippen molar-refractivity contribution in [2.75, 3.05) is 26.4 Å². The predicted molar refractivity (Wildman–Crippen MR) is 215 cm³/mol. The van der Waals surface area contributed by atoms with Gasteiger partial charge in [-0.25, -0.2) is 4.57 Å². The molecule has 0 aliphatic heterocycles. The Labute approximate surface area is 323 Å². The molecule has 3 N–H and O–H groups in total. The Morgan fingerprint density at radius 3 is 1.49 bits per heavy atom. The van der Waals surface area contributed by atoms with Crippen LogP contribution >= 0.6 is 7.82 Å². The zero-order chi connectivity index (χ0) is 39.1. The number of unbranched alkanes of at least 4 members (excludes halogenated alkanes) is 22. The van der Waals surface area contributed by atoms with Crippen LogP contribution in [-0.2, 0) is 32.7 Å². The van der Waals surface area contributed by atoms with E-state index in [1.807, 2.05) is 0 Å². The van der Waals surface area contributed by atoms with E-state index >= 15 is 0 Å². The minimum atomic E-state index is -4.61. The third kappa shape index (κ3) is 38.5. The molecule has 0 rings (SSSR count). The fraction of sp³-hybridized carbons (Fsp3) is 0.857. The van der Waals surface area contributed by atoms with Gasteiger partial charge in [-0.2, -0.15) is 0 Å². The average molecular weight is 775 g/mol. The van der Waals surface area contributed by atoms with Crippen LogP contribution in [0.1, 0.15) is 194 Å².